The van der Waals surface area contributed by atoms with E-state index in [4.69, 9.17) is 0 Å². The molecule has 0 amide bonds. The molecule has 0 aliphatic heterocycles. The molecule has 1 rings (SSSR count). The number of hydrogen-bond donors (Lipinski definition) is 1. The van der Waals surface area contributed by atoms with Crippen molar-refractivity contribution in [2.75, 3.05) is 6.54 Å². The molecule has 0 bridgehead atoms. The molecule has 0 aromatic heterocycles. The van der Waals surface area contributed by atoms with Gasteiger partial charge in [-0.1, -0.05) is 45.4 Å². The van der Waals surface area contributed by atoms with Crippen molar-refractivity contribution in [1.29, 1.82) is 0 Å². The fourth-order valence-corrected chi connectivity index (χ4v) is 1.97. The van der Waals surface area contributed by atoms with Gasteiger partial charge in [-0.3, -0.25) is 0 Å². The van der Waals surface area contributed by atoms with Crippen LogP contribution in [-0.4, -0.2) is 6.54 Å². The average molecular weight is 223 g/mol. The van der Waals surface area contributed by atoms with Crippen LogP contribution in [0, 0.1) is 18.2 Å². The summed E-state index contributed by atoms with van der Waals surface area (Å²) < 4.78 is 13.8. The van der Waals surface area contributed by atoms with E-state index in [-0.39, 0.29) is 17.3 Å². The molecule has 1 unspecified atom stereocenters. The van der Waals surface area contributed by atoms with Crippen molar-refractivity contribution in [3.05, 3.63) is 35.1 Å². The van der Waals surface area contributed by atoms with Gasteiger partial charge >= 0.3 is 0 Å². The van der Waals surface area contributed by atoms with Gasteiger partial charge in [-0.2, -0.15) is 0 Å². The Hall–Kier alpha value is -0.890. The molecule has 0 saturated heterocycles. The van der Waals surface area contributed by atoms with Crippen LogP contribution in [0.4, 0.5) is 4.39 Å². The molecule has 0 heterocycles. The largest absolute Gasteiger partial charge is 0.310 e. The zero-order valence-electron chi connectivity index (χ0n) is 10.9. The first kappa shape index (κ1) is 13.2. The minimum absolute atomic E-state index is 0.00461. The molecule has 0 fully saturated rings. The lowest BCUT2D eigenvalue weighted by atomic mass is 9.81. The fraction of sp³-hybridized carbons (Fsp3) is 0.571. The predicted molar refractivity (Wildman–Crippen MR) is 67.0 cm³/mol. The lowest BCUT2D eigenvalue weighted by Crippen LogP contribution is -2.33. The normalized spacial score (nSPS) is 13.9. The van der Waals surface area contributed by atoms with Gasteiger partial charge in [-0.05, 0) is 24.9 Å². The Morgan fingerprint density at radius 2 is 1.94 bits per heavy atom. The second kappa shape index (κ2) is 4.96. The van der Waals surface area contributed by atoms with Gasteiger partial charge in [0.15, 0.2) is 0 Å². The highest BCUT2D eigenvalue weighted by molar-refractivity contribution is 5.28. The number of hydrogen-bond acceptors (Lipinski definition) is 1. The Balaban J connectivity index is 3.15. The molecule has 0 aliphatic carbocycles. The molecule has 0 radical (unpaired) electrons. The van der Waals surface area contributed by atoms with Gasteiger partial charge in [-0.25, -0.2) is 4.39 Å². The summed E-state index contributed by atoms with van der Waals surface area (Å²) in [7, 11) is 0. The number of benzene rings is 1. The van der Waals surface area contributed by atoms with Gasteiger partial charge in [0.05, 0.1) is 0 Å². The molecule has 90 valence electrons. The summed E-state index contributed by atoms with van der Waals surface area (Å²) in [6.07, 6.45) is 0. The fourth-order valence-electron chi connectivity index (χ4n) is 1.97. The molecule has 1 nitrogen and oxygen atoms in total. The van der Waals surface area contributed by atoms with Gasteiger partial charge in [0.1, 0.15) is 5.82 Å². The average Bonchev–Trinajstić information content (AvgIpc) is 2.17. The minimum atomic E-state index is -0.119. The zero-order chi connectivity index (χ0) is 12.3. The van der Waals surface area contributed by atoms with Crippen molar-refractivity contribution in [3.63, 3.8) is 0 Å². The Morgan fingerprint density at radius 1 is 1.31 bits per heavy atom. The minimum Gasteiger partial charge on any atom is -0.310 e. The van der Waals surface area contributed by atoms with Crippen molar-refractivity contribution in [3.8, 4) is 0 Å². The summed E-state index contributed by atoms with van der Waals surface area (Å²) in [6, 6.07) is 5.36. The van der Waals surface area contributed by atoms with Crippen LogP contribution >= 0.6 is 0 Å². The van der Waals surface area contributed by atoms with Crippen LogP contribution in [0.15, 0.2) is 18.2 Å². The number of halogens is 1. The summed E-state index contributed by atoms with van der Waals surface area (Å²) in [5.74, 6) is -0.119. The van der Waals surface area contributed by atoms with Crippen LogP contribution in [0.3, 0.4) is 0 Å². The third kappa shape index (κ3) is 3.05. The van der Waals surface area contributed by atoms with Crippen LogP contribution in [0.1, 0.15) is 44.9 Å². The summed E-state index contributed by atoms with van der Waals surface area (Å²) in [5, 5.41) is 3.37. The SMILES string of the molecule is CCNC(c1cc(C)ccc1F)C(C)(C)C. The Morgan fingerprint density at radius 3 is 2.44 bits per heavy atom. The van der Waals surface area contributed by atoms with Crippen LogP contribution < -0.4 is 5.32 Å². The monoisotopic (exact) mass is 223 g/mol. The van der Waals surface area contributed by atoms with Gasteiger partial charge in [-0.15, -0.1) is 0 Å². The topological polar surface area (TPSA) is 12.0 Å². The second-order valence-electron chi connectivity index (χ2n) is 5.38. The maximum Gasteiger partial charge on any atom is 0.128 e. The van der Waals surface area contributed by atoms with Crippen LogP contribution in [0.2, 0.25) is 0 Å². The van der Waals surface area contributed by atoms with E-state index in [2.05, 4.69) is 26.1 Å². The Bertz CT molecular complexity index is 352. The lowest BCUT2D eigenvalue weighted by Gasteiger charge is -2.32. The molecule has 16 heavy (non-hydrogen) atoms. The van der Waals surface area contributed by atoms with Gasteiger partial charge < -0.3 is 5.32 Å². The highest BCUT2D eigenvalue weighted by atomic mass is 19.1. The molecule has 1 aromatic rings. The molecule has 0 spiro atoms. The van der Waals surface area contributed by atoms with E-state index in [1.165, 1.54) is 0 Å². The maximum absolute atomic E-state index is 13.8. The molecule has 1 N–H and O–H groups in total. The van der Waals surface area contributed by atoms with Crippen molar-refractivity contribution >= 4 is 0 Å². The first-order valence-corrected chi connectivity index (χ1v) is 5.85. The van der Waals surface area contributed by atoms with Gasteiger partial charge in [0.2, 0.25) is 0 Å². The summed E-state index contributed by atoms with van der Waals surface area (Å²) in [4.78, 5) is 0. The van der Waals surface area contributed by atoms with Gasteiger partial charge in [0.25, 0.3) is 0 Å². The van der Waals surface area contributed by atoms with E-state index in [1.807, 2.05) is 26.0 Å². The predicted octanol–water partition coefficient (Wildman–Crippen LogP) is 3.83. The number of rotatable bonds is 3. The lowest BCUT2D eigenvalue weighted by molar-refractivity contribution is 0.270. The van der Waals surface area contributed by atoms with Crippen molar-refractivity contribution in [2.24, 2.45) is 5.41 Å². The summed E-state index contributed by atoms with van der Waals surface area (Å²) in [6.45, 7) is 11.3. The zero-order valence-corrected chi connectivity index (χ0v) is 10.9. The van der Waals surface area contributed by atoms with Gasteiger partial charge in [0, 0.05) is 11.6 Å². The van der Waals surface area contributed by atoms with E-state index < -0.39 is 0 Å². The quantitative estimate of drug-likeness (QED) is 0.821. The Labute approximate surface area is 98.1 Å². The standard InChI is InChI=1S/C14H22FN/c1-6-16-13(14(3,4)5)11-9-10(2)7-8-12(11)15/h7-9,13,16H,6H2,1-5H3. The third-order valence-electron chi connectivity index (χ3n) is 2.74. The second-order valence-corrected chi connectivity index (χ2v) is 5.38. The van der Waals surface area contributed by atoms with E-state index >= 15 is 0 Å². The van der Waals surface area contributed by atoms with Crippen molar-refractivity contribution < 1.29 is 4.39 Å². The molecule has 2 heteroatoms. The molecule has 1 aromatic carbocycles. The molecule has 0 aliphatic rings. The molecule has 0 saturated carbocycles. The number of nitrogens with one attached hydrogen (secondary N) is 1. The van der Waals surface area contributed by atoms with E-state index in [0.717, 1.165) is 17.7 Å². The van der Waals surface area contributed by atoms with Crippen molar-refractivity contribution in [1.82, 2.24) is 5.32 Å². The number of aryl methyl sites for hydroxylation is 1. The first-order chi connectivity index (χ1) is 7.36. The molecular formula is C14H22FN. The summed E-state index contributed by atoms with van der Waals surface area (Å²) >= 11 is 0. The van der Waals surface area contributed by atoms with Crippen LogP contribution in [0.5, 0.6) is 0 Å². The highest BCUT2D eigenvalue weighted by Gasteiger charge is 2.27. The maximum atomic E-state index is 13.8. The van der Waals surface area contributed by atoms with E-state index in [1.54, 1.807) is 6.07 Å². The third-order valence-corrected chi connectivity index (χ3v) is 2.74. The molecule has 1 atom stereocenters. The highest BCUT2D eigenvalue weighted by Crippen LogP contribution is 2.34. The molecular weight excluding hydrogens is 201 g/mol. The van der Waals surface area contributed by atoms with Crippen molar-refractivity contribution in [2.45, 2.75) is 40.7 Å². The first-order valence-electron chi connectivity index (χ1n) is 5.85. The van der Waals surface area contributed by atoms with Crippen LogP contribution in [0.25, 0.3) is 0 Å². The smallest absolute Gasteiger partial charge is 0.128 e. The summed E-state index contributed by atoms with van der Waals surface area (Å²) in [5.41, 5.74) is 1.88. The van der Waals surface area contributed by atoms with E-state index in [0.29, 0.717) is 0 Å². The van der Waals surface area contributed by atoms with Crippen LogP contribution in [-0.2, 0) is 0 Å². The van der Waals surface area contributed by atoms with E-state index in [9.17, 15) is 4.39 Å². The Kier molecular flexibility index (Phi) is 4.09.